The van der Waals surface area contributed by atoms with Crippen LogP contribution in [0.4, 0.5) is 5.82 Å². The summed E-state index contributed by atoms with van der Waals surface area (Å²) in [7, 11) is 0. The van der Waals surface area contributed by atoms with Crippen molar-refractivity contribution in [2.75, 3.05) is 5.32 Å². The molecule has 4 heteroatoms. The van der Waals surface area contributed by atoms with Gasteiger partial charge in [-0.15, -0.1) is 0 Å². The molecule has 76 valence electrons. The molecule has 0 saturated carbocycles. The first-order valence-electron chi connectivity index (χ1n) is 4.58. The van der Waals surface area contributed by atoms with Gasteiger partial charge in [-0.2, -0.15) is 0 Å². The van der Waals surface area contributed by atoms with Crippen LogP contribution in [-0.2, 0) is 0 Å². The van der Waals surface area contributed by atoms with Crippen LogP contribution in [0.2, 0.25) is 0 Å². The number of amidine groups is 1. The number of hydrogen-bond donors (Lipinski definition) is 3. The van der Waals surface area contributed by atoms with Crippen LogP contribution in [-0.4, -0.2) is 16.9 Å². The fourth-order valence-corrected chi connectivity index (χ4v) is 1.19. The van der Waals surface area contributed by atoms with Crippen molar-refractivity contribution in [2.24, 2.45) is 5.73 Å². The smallest absolute Gasteiger partial charge is 0.127 e. The van der Waals surface area contributed by atoms with Crippen LogP contribution in [0.1, 0.15) is 25.1 Å². The molecule has 0 fully saturated rings. The van der Waals surface area contributed by atoms with E-state index in [1.807, 2.05) is 20.8 Å². The van der Waals surface area contributed by atoms with E-state index in [-0.39, 0.29) is 5.84 Å². The Morgan fingerprint density at radius 3 is 2.64 bits per heavy atom. The molecule has 0 bridgehead atoms. The Hall–Kier alpha value is -1.58. The van der Waals surface area contributed by atoms with E-state index in [0.717, 1.165) is 11.5 Å². The quantitative estimate of drug-likeness (QED) is 0.501. The summed E-state index contributed by atoms with van der Waals surface area (Å²) in [5, 5.41) is 10.5. The molecule has 1 aromatic rings. The highest BCUT2D eigenvalue weighted by atomic mass is 15.0. The maximum Gasteiger partial charge on any atom is 0.127 e. The van der Waals surface area contributed by atoms with E-state index in [0.29, 0.717) is 11.6 Å². The Balaban J connectivity index is 3.01. The minimum absolute atomic E-state index is 0.0716. The first kappa shape index (κ1) is 10.5. The lowest BCUT2D eigenvalue weighted by Gasteiger charge is -2.10. The zero-order valence-corrected chi connectivity index (χ0v) is 8.76. The number of anilines is 1. The van der Waals surface area contributed by atoms with Crippen LogP contribution in [0.3, 0.4) is 0 Å². The number of nitrogen functional groups attached to an aromatic ring is 1. The zero-order chi connectivity index (χ0) is 10.7. The van der Waals surface area contributed by atoms with Gasteiger partial charge in [-0.25, -0.2) is 4.98 Å². The van der Waals surface area contributed by atoms with Crippen LogP contribution >= 0.6 is 0 Å². The number of hydrogen-bond acceptors (Lipinski definition) is 3. The predicted molar refractivity (Wildman–Crippen MR) is 58.7 cm³/mol. The Labute approximate surface area is 84.1 Å². The highest BCUT2D eigenvalue weighted by Gasteiger charge is 2.03. The Kier molecular flexibility index (Phi) is 3.06. The number of nitrogens with one attached hydrogen (secondary N) is 2. The first-order chi connectivity index (χ1) is 6.49. The van der Waals surface area contributed by atoms with Gasteiger partial charge in [0.05, 0.1) is 0 Å². The van der Waals surface area contributed by atoms with Gasteiger partial charge in [0.25, 0.3) is 0 Å². The number of aromatic nitrogens is 1. The molecule has 0 saturated heterocycles. The highest BCUT2D eigenvalue weighted by molar-refractivity contribution is 5.95. The molecular formula is C10H16N4. The average Bonchev–Trinajstić information content (AvgIpc) is 2.01. The van der Waals surface area contributed by atoms with E-state index in [4.69, 9.17) is 11.1 Å². The molecule has 1 heterocycles. The van der Waals surface area contributed by atoms with Gasteiger partial charge in [0.2, 0.25) is 0 Å². The molecule has 4 nitrogen and oxygen atoms in total. The predicted octanol–water partition coefficient (Wildman–Crippen LogP) is 1.49. The van der Waals surface area contributed by atoms with Gasteiger partial charge in [-0.3, -0.25) is 5.41 Å². The molecule has 0 radical (unpaired) electrons. The molecular weight excluding hydrogens is 176 g/mol. The van der Waals surface area contributed by atoms with Crippen LogP contribution < -0.4 is 11.1 Å². The summed E-state index contributed by atoms with van der Waals surface area (Å²) in [4.78, 5) is 4.29. The van der Waals surface area contributed by atoms with E-state index in [9.17, 15) is 0 Å². The molecule has 1 rings (SSSR count). The number of pyridine rings is 1. The van der Waals surface area contributed by atoms with Gasteiger partial charge >= 0.3 is 0 Å². The van der Waals surface area contributed by atoms with Crippen LogP contribution in [0.15, 0.2) is 12.1 Å². The molecule has 0 unspecified atom stereocenters. The average molecular weight is 192 g/mol. The van der Waals surface area contributed by atoms with Crippen molar-refractivity contribution >= 4 is 11.7 Å². The monoisotopic (exact) mass is 192 g/mol. The van der Waals surface area contributed by atoms with Gasteiger partial charge in [0.15, 0.2) is 0 Å². The molecule has 0 aliphatic carbocycles. The Bertz CT molecular complexity index is 344. The highest BCUT2D eigenvalue weighted by Crippen LogP contribution is 2.10. The fraction of sp³-hybridized carbons (Fsp3) is 0.400. The van der Waals surface area contributed by atoms with E-state index in [1.165, 1.54) is 0 Å². The van der Waals surface area contributed by atoms with Crippen molar-refractivity contribution < 1.29 is 0 Å². The summed E-state index contributed by atoms with van der Waals surface area (Å²) < 4.78 is 0. The molecule has 0 aliphatic heterocycles. The third-order valence-electron chi connectivity index (χ3n) is 1.70. The minimum atomic E-state index is 0.0716. The van der Waals surface area contributed by atoms with Crippen LogP contribution in [0.25, 0.3) is 0 Å². The van der Waals surface area contributed by atoms with E-state index in [1.54, 1.807) is 12.1 Å². The second kappa shape index (κ2) is 4.09. The van der Waals surface area contributed by atoms with Gasteiger partial charge in [-0.05, 0) is 32.9 Å². The molecule has 0 amide bonds. The fourth-order valence-electron chi connectivity index (χ4n) is 1.19. The van der Waals surface area contributed by atoms with Crippen molar-refractivity contribution in [1.82, 2.24) is 4.98 Å². The third-order valence-corrected chi connectivity index (χ3v) is 1.70. The standard InChI is InChI=1S/C10H16N4/c1-6(2)13-9-5-8(10(11)12)4-7(3)14-9/h4-6H,1-3H3,(H3,11,12)(H,13,14). The van der Waals surface area contributed by atoms with Crippen molar-refractivity contribution in [3.05, 3.63) is 23.4 Å². The lowest BCUT2D eigenvalue weighted by molar-refractivity contribution is 0.886. The lowest BCUT2D eigenvalue weighted by Crippen LogP contribution is -2.15. The van der Waals surface area contributed by atoms with E-state index >= 15 is 0 Å². The summed E-state index contributed by atoms with van der Waals surface area (Å²) >= 11 is 0. The van der Waals surface area contributed by atoms with Crippen molar-refractivity contribution in [3.63, 3.8) is 0 Å². The second-order valence-electron chi connectivity index (χ2n) is 3.60. The molecule has 1 aromatic heterocycles. The van der Waals surface area contributed by atoms with Gasteiger partial charge in [0.1, 0.15) is 11.7 Å². The van der Waals surface area contributed by atoms with E-state index < -0.39 is 0 Å². The Morgan fingerprint density at radius 2 is 2.14 bits per heavy atom. The summed E-state index contributed by atoms with van der Waals surface area (Å²) in [5.41, 5.74) is 6.98. The van der Waals surface area contributed by atoms with Crippen molar-refractivity contribution in [2.45, 2.75) is 26.8 Å². The first-order valence-corrected chi connectivity index (χ1v) is 4.58. The summed E-state index contributed by atoms with van der Waals surface area (Å²) in [6.45, 7) is 5.97. The maximum absolute atomic E-state index is 7.33. The maximum atomic E-state index is 7.33. The molecule has 14 heavy (non-hydrogen) atoms. The molecule has 0 spiro atoms. The van der Waals surface area contributed by atoms with Gasteiger partial charge in [-0.1, -0.05) is 0 Å². The van der Waals surface area contributed by atoms with Crippen LogP contribution in [0.5, 0.6) is 0 Å². The molecule has 0 aromatic carbocycles. The SMILES string of the molecule is Cc1cc(C(=N)N)cc(NC(C)C)n1. The number of aryl methyl sites for hydroxylation is 1. The molecule has 0 aliphatic rings. The topological polar surface area (TPSA) is 74.8 Å². The molecule has 0 atom stereocenters. The Morgan fingerprint density at radius 1 is 1.50 bits per heavy atom. The van der Waals surface area contributed by atoms with Gasteiger partial charge in [0, 0.05) is 17.3 Å². The largest absolute Gasteiger partial charge is 0.384 e. The van der Waals surface area contributed by atoms with Crippen molar-refractivity contribution in [1.29, 1.82) is 5.41 Å². The summed E-state index contributed by atoms with van der Waals surface area (Å²) in [6, 6.07) is 3.91. The third kappa shape index (κ3) is 2.73. The van der Waals surface area contributed by atoms with Gasteiger partial charge < -0.3 is 11.1 Å². The second-order valence-corrected chi connectivity index (χ2v) is 3.60. The number of nitrogens with zero attached hydrogens (tertiary/aromatic N) is 1. The van der Waals surface area contributed by atoms with Crippen LogP contribution in [0, 0.1) is 12.3 Å². The zero-order valence-electron chi connectivity index (χ0n) is 8.76. The molecule has 4 N–H and O–H groups in total. The van der Waals surface area contributed by atoms with E-state index in [2.05, 4.69) is 10.3 Å². The normalized spacial score (nSPS) is 10.3. The lowest BCUT2D eigenvalue weighted by atomic mass is 10.2. The summed E-state index contributed by atoms with van der Waals surface area (Å²) in [5.74, 6) is 0.840. The summed E-state index contributed by atoms with van der Waals surface area (Å²) in [6.07, 6.45) is 0. The minimum Gasteiger partial charge on any atom is -0.384 e. The van der Waals surface area contributed by atoms with Crippen molar-refractivity contribution in [3.8, 4) is 0 Å². The number of nitrogens with two attached hydrogens (primary N) is 1. The number of rotatable bonds is 3.